The molecule has 3 atom stereocenters. The number of nitrogens with zero attached hydrogens (tertiary/aromatic N) is 2. The summed E-state index contributed by atoms with van der Waals surface area (Å²) >= 11 is 0. The first-order valence-electron chi connectivity index (χ1n) is 7.52. The molecule has 4 nitrogen and oxygen atoms in total. The Labute approximate surface area is 116 Å². The van der Waals surface area contributed by atoms with E-state index in [-0.39, 0.29) is 18.2 Å². The van der Waals surface area contributed by atoms with Crippen LogP contribution in [0.2, 0.25) is 0 Å². The molecular weight excluding hydrogens is 238 g/mol. The monoisotopic (exact) mass is 265 g/mol. The van der Waals surface area contributed by atoms with E-state index >= 15 is 0 Å². The SMILES string of the molecule is CCn1nc(C)c(C(C)NC2CCCCC2O)c1C. The summed E-state index contributed by atoms with van der Waals surface area (Å²) in [4.78, 5) is 0. The minimum absolute atomic E-state index is 0.196. The van der Waals surface area contributed by atoms with Gasteiger partial charge >= 0.3 is 0 Å². The number of aromatic nitrogens is 2. The lowest BCUT2D eigenvalue weighted by Crippen LogP contribution is -2.43. The lowest BCUT2D eigenvalue weighted by atomic mass is 9.91. The summed E-state index contributed by atoms with van der Waals surface area (Å²) in [5, 5.41) is 18.2. The van der Waals surface area contributed by atoms with Gasteiger partial charge in [0, 0.05) is 29.9 Å². The first-order valence-corrected chi connectivity index (χ1v) is 7.52. The van der Waals surface area contributed by atoms with Gasteiger partial charge < -0.3 is 10.4 Å². The van der Waals surface area contributed by atoms with E-state index in [0.29, 0.717) is 0 Å². The summed E-state index contributed by atoms with van der Waals surface area (Å²) in [6.45, 7) is 9.41. The largest absolute Gasteiger partial charge is 0.392 e. The van der Waals surface area contributed by atoms with Crippen LogP contribution in [0.15, 0.2) is 0 Å². The number of aliphatic hydroxyl groups is 1. The van der Waals surface area contributed by atoms with E-state index in [9.17, 15) is 5.11 Å². The second kappa shape index (κ2) is 6.06. The average molecular weight is 265 g/mol. The number of aryl methyl sites for hydroxylation is 2. The minimum Gasteiger partial charge on any atom is -0.392 e. The van der Waals surface area contributed by atoms with E-state index in [4.69, 9.17) is 0 Å². The van der Waals surface area contributed by atoms with Crippen LogP contribution < -0.4 is 5.32 Å². The molecule has 1 aliphatic rings. The van der Waals surface area contributed by atoms with E-state index in [1.165, 1.54) is 17.7 Å². The van der Waals surface area contributed by atoms with Crippen LogP contribution in [-0.4, -0.2) is 27.0 Å². The summed E-state index contributed by atoms with van der Waals surface area (Å²) in [6, 6.07) is 0.477. The molecule has 0 aromatic carbocycles. The van der Waals surface area contributed by atoms with Crippen molar-refractivity contribution in [2.45, 2.75) is 78.1 Å². The summed E-state index contributed by atoms with van der Waals surface area (Å²) in [5.74, 6) is 0. The number of aliphatic hydroxyl groups excluding tert-OH is 1. The number of rotatable bonds is 4. The van der Waals surface area contributed by atoms with E-state index in [0.717, 1.165) is 31.5 Å². The zero-order valence-electron chi connectivity index (χ0n) is 12.6. The topological polar surface area (TPSA) is 50.1 Å². The van der Waals surface area contributed by atoms with Gasteiger partial charge in [-0.25, -0.2) is 0 Å². The Morgan fingerprint density at radius 1 is 1.37 bits per heavy atom. The molecule has 2 rings (SSSR count). The van der Waals surface area contributed by atoms with Gasteiger partial charge in [-0.05, 0) is 40.5 Å². The molecule has 1 aromatic heterocycles. The molecule has 1 saturated carbocycles. The molecule has 1 heterocycles. The van der Waals surface area contributed by atoms with Crippen molar-refractivity contribution < 1.29 is 5.11 Å². The highest BCUT2D eigenvalue weighted by Gasteiger charge is 2.26. The van der Waals surface area contributed by atoms with Crippen LogP contribution >= 0.6 is 0 Å². The molecular formula is C15H27N3O. The van der Waals surface area contributed by atoms with Crippen LogP contribution in [0.25, 0.3) is 0 Å². The van der Waals surface area contributed by atoms with E-state index < -0.39 is 0 Å². The fraction of sp³-hybridized carbons (Fsp3) is 0.800. The molecule has 0 spiro atoms. The summed E-state index contributed by atoms with van der Waals surface area (Å²) in [5.41, 5.74) is 3.63. The summed E-state index contributed by atoms with van der Waals surface area (Å²) < 4.78 is 2.06. The maximum Gasteiger partial charge on any atom is 0.0693 e. The second-order valence-corrected chi connectivity index (χ2v) is 5.75. The maximum absolute atomic E-state index is 10.1. The third-order valence-corrected chi connectivity index (χ3v) is 4.36. The number of hydrogen-bond acceptors (Lipinski definition) is 3. The Kier molecular flexibility index (Phi) is 4.63. The standard InChI is InChI=1S/C15H27N3O/c1-5-18-12(4)15(11(3)17-18)10(2)16-13-8-6-7-9-14(13)19/h10,13-14,16,19H,5-9H2,1-4H3. The normalized spacial score (nSPS) is 25.5. The van der Waals surface area contributed by atoms with Crippen molar-refractivity contribution in [1.82, 2.24) is 15.1 Å². The van der Waals surface area contributed by atoms with Crippen molar-refractivity contribution in [2.75, 3.05) is 0 Å². The first kappa shape index (κ1) is 14.5. The Balaban J connectivity index is 2.11. The molecule has 0 amide bonds. The summed E-state index contributed by atoms with van der Waals surface area (Å²) in [7, 11) is 0. The Morgan fingerprint density at radius 2 is 2.05 bits per heavy atom. The second-order valence-electron chi connectivity index (χ2n) is 5.75. The third-order valence-electron chi connectivity index (χ3n) is 4.36. The van der Waals surface area contributed by atoms with E-state index in [2.05, 4.69) is 42.8 Å². The van der Waals surface area contributed by atoms with Gasteiger partial charge in [0.1, 0.15) is 0 Å². The number of nitrogens with one attached hydrogen (secondary N) is 1. The van der Waals surface area contributed by atoms with Gasteiger partial charge in [-0.2, -0.15) is 5.10 Å². The van der Waals surface area contributed by atoms with Crippen molar-refractivity contribution in [3.05, 3.63) is 17.0 Å². The molecule has 108 valence electrons. The average Bonchev–Trinajstić information content (AvgIpc) is 2.67. The van der Waals surface area contributed by atoms with Crippen LogP contribution in [0, 0.1) is 13.8 Å². The van der Waals surface area contributed by atoms with Crippen LogP contribution in [0.3, 0.4) is 0 Å². The van der Waals surface area contributed by atoms with Crippen LogP contribution in [0.5, 0.6) is 0 Å². The predicted molar refractivity (Wildman–Crippen MR) is 77.2 cm³/mol. The Morgan fingerprint density at radius 3 is 2.63 bits per heavy atom. The quantitative estimate of drug-likeness (QED) is 0.879. The van der Waals surface area contributed by atoms with Crippen LogP contribution in [-0.2, 0) is 6.54 Å². The van der Waals surface area contributed by atoms with Crippen LogP contribution in [0.1, 0.15) is 62.5 Å². The van der Waals surface area contributed by atoms with Gasteiger partial charge in [-0.3, -0.25) is 4.68 Å². The van der Waals surface area contributed by atoms with Crippen molar-refractivity contribution in [3.63, 3.8) is 0 Å². The first-order chi connectivity index (χ1) is 9.04. The van der Waals surface area contributed by atoms with Gasteiger partial charge in [-0.15, -0.1) is 0 Å². The lowest BCUT2D eigenvalue weighted by molar-refractivity contribution is 0.0859. The van der Waals surface area contributed by atoms with Crippen molar-refractivity contribution in [1.29, 1.82) is 0 Å². The highest BCUT2D eigenvalue weighted by Crippen LogP contribution is 2.25. The highest BCUT2D eigenvalue weighted by molar-refractivity contribution is 5.28. The molecule has 1 aromatic rings. The van der Waals surface area contributed by atoms with Gasteiger partial charge in [0.2, 0.25) is 0 Å². The zero-order chi connectivity index (χ0) is 14.0. The molecule has 1 aliphatic carbocycles. The van der Waals surface area contributed by atoms with Gasteiger partial charge in [0.05, 0.1) is 11.8 Å². The van der Waals surface area contributed by atoms with Crippen molar-refractivity contribution in [3.8, 4) is 0 Å². The molecule has 0 radical (unpaired) electrons. The van der Waals surface area contributed by atoms with Crippen LogP contribution in [0.4, 0.5) is 0 Å². The molecule has 4 heteroatoms. The lowest BCUT2D eigenvalue weighted by Gasteiger charge is -2.31. The molecule has 0 aliphatic heterocycles. The Hall–Kier alpha value is -0.870. The molecule has 0 bridgehead atoms. The Bertz CT molecular complexity index is 427. The predicted octanol–water partition coefficient (Wildman–Crippen LogP) is 2.47. The highest BCUT2D eigenvalue weighted by atomic mass is 16.3. The molecule has 3 unspecified atom stereocenters. The van der Waals surface area contributed by atoms with Crippen molar-refractivity contribution >= 4 is 0 Å². The minimum atomic E-state index is -0.196. The van der Waals surface area contributed by atoms with E-state index in [1.807, 2.05) is 0 Å². The number of hydrogen-bond donors (Lipinski definition) is 2. The summed E-state index contributed by atoms with van der Waals surface area (Å²) in [6.07, 6.45) is 4.17. The van der Waals surface area contributed by atoms with E-state index in [1.54, 1.807) is 0 Å². The molecule has 2 N–H and O–H groups in total. The molecule has 0 saturated heterocycles. The fourth-order valence-corrected chi connectivity index (χ4v) is 3.36. The third kappa shape index (κ3) is 3.00. The smallest absolute Gasteiger partial charge is 0.0693 e. The fourth-order valence-electron chi connectivity index (χ4n) is 3.36. The molecule has 19 heavy (non-hydrogen) atoms. The van der Waals surface area contributed by atoms with Gasteiger partial charge in [-0.1, -0.05) is 12.8 Å². The van der Waals surface area contributed by atoms with Gasteiger partial charge in [0.15, 0.2) is 0 Å². The zero-order valence-corrected chi connectivity index (χ0v) is 12.6. The molecule has 1 fully saturated rings. The van der Waals surface area contributed by atoms with Gasteiger partial charge in [0.25, 0.3) is 0 Å². The van der Waals surface area contributed by atoms with Crippen molar-refractivity contribution in [2.24, 2.45) is 0 Å². The maximum atomic E-state index is 10.1.